The molecule has 0 radical (unpaired) electrons. The van der Waals surface area contributed by atoms with E-state index in [0.717, 1.165) is 30.0 Å². The summed E-state index contributed by atoms with van der Waals surface area (Å²) in [6.07, 6.45) is 1.53. The van der Waals surface area contributed by atoms with Gasteiger partial charge in [0, 0.05) is 22.6 Å². The second-order valence-corrected chi connectivity index (χ2v) is 10.5. The molecule has 182 valence electrons. The summed E-state index contributed by atoms with van der Waals surface area (Å²) >= 11 is 1.09. The first-order valence-electron chi connectivity index (χ1n) is 10.1. The van der Waals surface area contributed by atoms with Crippen LogP contribution in [0.5, 0.6) is 17.2 Å². The normalized spacial score (nSPS) is 14.4. The molecular formula is C24H19F2NO6S2. The number of nitrogens with one attached hydrogen (secondary N) is 1. The monoisotopic (exact) mass is 519 g/mol. The zero-order valence-electron chi connectivity index (χ0n) is 18.5. The van der Waals surface area contributed by atoms with Gasteiger partial charge in [-0.1, -0.05) is 17.8 Å². The molecule has 35 heavy (non-hydrogen) atoms. The Morgan fingerprint density at radius 1 is 1.03 bits per heavy atom. The number of phenols is 1. The van der Waals surface area contributed by atoms with E-state index in [4.69, 9.17) is 9.47 Å². The fourth-order valence-electron chi connectivity index (χ4n) is 3.47. The Kier molecular flexibility index (Phi) is 6.73. The molecule has 0 aliphatic carbocycles. The number of hydrogen-bond donors (Lipinski definition) is 2. The minimum atomic E-state index is -4.11. The van der Waals surface area contributed by atoms with Crippen LogP contribution in [0.25, 0.3) is 6.08 Å². The molecule has 0 unspecified atom stereocenters. The highest BCUT2D eigenvalue weighted by molar-refractivity contribution is 8.04. The van der Waals surface area contributed by atoms with Gasteiger partial charge in [-0.25, -0.2) is 17.2 Å². The number of rotatable bonds is 6. The van der Waals surface area contributed by atoms with E-state index >= 15 is 0 Å². The molecule has 0 bridgehead atoms. The second-order valence-electron chi connectivity index (χ2n) is 7.45. The Morgan fingerprint density at radius 3 is 2.26 bits per heavy atom. The Bertz CT molecular complexity index is 1430. The summed E-state index contributed by atoms with van der Waals surface area (Å²) in [4.78, 5) is 13.4. The maximum absolute atomic E-state index is 14.0. The van der Waals surface area contributed by atoms with E-state index in [2.05, 4.69) is 5.32 Å². The van der Waals surface area contributed by atoms with Crippen molar-refractivity contribution in [3.8, 4) is 17.2 Å². The van der Waals surface area contributed by atoms with Crippen molar-refractivity contribution in [3.05, 3.63) is 76.2 Å². The molecule has 3 aromatic carbocycles. The average Bonchev–Trinajstić information content (AvgIpc) is 2.82. The van der Waals surface area contributed by atoms with Gasteiger partial charge in [-0.05, 0) is 36.4 Å². The molecule has 1 amide bonds. The van der Waals surface area contributed by atoms with Gasteiger partial charge in [-0.15, -0.1) is 0 Å². The van der Waals surface area contributed by atoms with Crippen LogP contribution >= 0.6 is 11.8 Å². The lowest BCUT2D eigenvalue weighted by Crippen LogP contribution is -2.18. The van der Waals surface area contributed by atoms with Crippen molar-refractivity contribution in [2.24, 2.45) is 0 Å². The van der Waals surface area contributed by atoms with Gasteiger partial charge >= 0.3 is 0 Å². The number of amides is 1. The number of sulfone groups is 1. The number of anilines is 1. The summed E-state index contributed by atoms with van der Waals surface area (Å²) in [5, 5.41) is 12.5. The Labute approximate surface area is 204 Å². The zero-order chi connectivity index (χ0) is 25.3. The van der Waals surface area contributed by atoms with Crippen LogP contribution < -0.4 is 14.8 Å². The molecule has 0 saturated carbocycles. The van der Waals surface area contributed by atoms with Gasteiger partial charge in [0.25, 0.3) is 5.91 Å². The predicted molar refractivity (Wildman–Crippen MR) is 127 cm³/mol. The molecule has 4 rings (SSSR count). The molecule has 0 spiro atoms. The largest absolute Gasteiger partial charge is 0.508 e. The summed E-state index contributed by atoms with van der Waals surface area (Å²) in [6.45, 7) is 0. The van der Waals surface area contributed by atoms with Crippen molar-refractivity contribution in [3.63, 3.8) is 0 Å². The predicted octanol–water partition coefficient (Wildman–Crippen LogP) is 4.75. The summed E-state index contributed by atoms with van der Waals surface area (Å²) in [5.74, 6) is -2.77. The first kappa shape index (κ1) is 24.6. The first-order chi connectivity index (χ1) is 16.6. The van der Waals surface area contributed by atoms with Crippen LogP contribution in [0.2, 0.25) is 0 Å². The maximum Gasteiger partial charge on any atom is 0.262 e. The van der Waals surface area contributed by atoms with E-state index in [0.29, 0.717) is 10.5 Å². The van der Waals surface area contributed by atoms with E-state index in [1.165, 1.54) is 50.6 Å². The van der Waals surface area contributed by atoms with Crippen LogP contribution in [0, 0.1) is 11.6 Å². The number of methoxy groups -OCH3 is 2. The number of carbonyl (C=O) groups is 1. The fraction of sp³-hybridized carbons (Fsp3) is 0.125. The first-order valence-corrected chi connectivity index (χ1v) is 12.6. The van der Waals surface area contributed by atoms with E-state index in [9.17, 15) is 27.1 Å². The molecule has 1 aliphatic rings. The molecule has 3 aromatic rings. The molecule has 0 saturated heterocycles. The van der Waals surface area contributed by atoms with E-state index < -0.39 is 38.7 Å². The Balaban J connectivity index is 1.67. The second kappa shape index (κ2) is 9.59. The molecule has 1 aliphatic heterocycles. The minimum absolute atomic E-state index is 0.0732. The molecule has 1 heterocycles. The number of halogens is 2. The van der Waals surface area contributed by atoms with Gasteiger partial charge in [0.1, 0.15) is 28.9 Å². The van der Waals surface area contributed by atoms with Crippen LogP contribution in [-0.4, -0.2) is 33.7 Å². The van der Waals surface area contributed by atoms with Crippen LogP contribution in [0.1, 0.15) is 11.1 Å². The number of aromatic hydroxyl groups is 1. The number of thioether (sulfide) groups is 1. The van der Waals surface area contributed by atoms with E-state index in [1.807, 2.05) is 0 Å². The highest BCUT2D eigenvalue weighted by Gasteiger charge is 2.26. The highest BCUT2D eigenvalue weighted by atomic mass is 32.2. The van der Waals surface area contributed by atoms with Crippen LogP contribution in [0.3, 0.4) is 0 Å². The van der Waals surface area contributed by atoms with Crippen molar-refractivity contribution >= 4 is 39.3 Å². The number of phenolic OH excluding ortho intramolecular Hbond substituents is 1. The van der Waals surface area contributed by atoms with E-state index in [1.54, 1.807) is 0 Å². The molecule has 7 nitrogen and oxygen atoms in total. The summed E-state index contributed by atoms with van der Waals surface area (Å²) < 4.78 is 64.2. The van der Waals surface area contributed by atoms with Crippen molar-refractivity contribution in [2.75, 3.05) is 19.5 Å². The van der Waals surface area contributed by atoms with Gasteiger partial charge in [0.15, 0.2) is 9.84 Å². The zero-order valence-corrected chi connectivity index (χ0v) is 20.1. The van der Waals surface area contributed by atoms with Gasteiger partial charge in [-0.2, -0.15) is 0 Å². The number of benzene rings is 3. The third-order valence-electron chi connectivity index (χ3n) is 5.20. The summed E-state index contributed by atoms with van der Waals surface area (Å²) in [5.41, 5.74) is 0.127. The summed E-state index contributed by atoms with van der Waals surface area (Å²) in [7, 11) is -1.28. The van der Waals surface area contributed by atoms with Crippen LogP contribution in [-0.2, 0) is 20.4 Å². The molecule has 2 N–H and O–H groups in total. The number of carbonyl (C=O) groups excluding carboxylic acids is 1. The average molecular weight is 520 g/mol. The van der Waals surface area contributed by atoms with Gasteiger partial charge in [-0.3, -0.25) is 4.79 Å². The van der Waals surface area contributed by atoms with Crippen molar-refractivity contribution in [1.82, 2.24) is 0 Å². The van der Waals surface area contributed by atoms with Crippen molar-refractivity contribution in [2.45, 2.75) is 15.5 Å². The van der Waals surface area contributed by atoms with Gasteiger partial charge in [0.2, 0.25) is 0 Å². The fourth-order valence-corrected chi connectivity index (χ4v) is 5.78. The van der Waals surface area contributed by atoms with Crippen molar-refractivity contribution < 1.29 is 36.6 Å². The van der Waals surface area contributed by atoms with Crippen LogP contribution in [0.15, 0.2) is 63.2 Å². The lowest BCUT2D eigenvalue weighted by Gasteiger charge is -2.20. The maximum atomic E-state index is 14.0. The third-order valence-corrected chi connectivity index (χ3v) is 7.94. The minimum Gasteiger partial charge on any atom is -0.508 e. The third kappa shape index (κ3) is 4.96. The van der Waals surface area contributed by atoms with Crippen molar-refractivity contribution in [1.29, 1.82) is 0 Å². The highest BCUT2D eigenvalue weighted by Crippen LogP contribution is 2.43. The van der Waals surface area contributed by atoms with Gasteiger partial charge < -0.3 is 19.9 Å². The molecule has 0 fully saturated rings. The smallest absolute Gasteiger partial charge is 0.262 e. The molecule has 0 aromatic heterocycles. The lowest BCUT2D eigenvalue weighted by atomic mass is 10.1. The number of fused-ring (bicyclic) bond motifs is 1. The van der Waals surface area contributed by atoms with Crippen LogP contribution in [0.4, 0.5) is 14.5 Å². The summed E-state index contributed by atoms with van der Waals surface area (Å²) in [6, 6.07) is 9.97. The lowest BCUT2D eigenvalue weighted by molar-refractivity contribution is -0.112. The number of hydrogen-bond acceptors (Lipinski definition) is 7. The molecule has 11 heteroatoms. The number of ether oxygens (including phenoxy) is 2. The Morgan fingerprint density at radius 2 is 1.66 bits per heavy atom. The van der Waals surface area contributed by atoms with E-state index in [-0.39, 0.29) is 32.7 Å². The SMILES string of the molecule is COc1cc(O)cc(OC)c1/C=C1\Sc2ccc(S(=O)(=O)Cc3c(F)cccc3F)cc2NC1=O. The quantitative estimate of drug-likeness (QED) is 0.454. The standard InChI is InChI=1S/C24H19F2NO6S2/c1-32-20-8-13(28)9-21(33-2)15(20)11-23-24(29)27-19-10-14(6-7-22(19)34-23)35(30,31)12-16-17(25)4-3-5-18(16)26/h3-11,28H,12H2,1-2H3,(H,27,29)/b23-11-. The van der Waals surface area contributed by atoms with Gasteiger partial charge in [0.05, 0.1) is 41.0 Å². The topological polar surface area (TPSA) is 102 Å². The molecular weight excluding hydrogens is 500 g/mol. The Hall–Kier alpha value is -3.57. The molecule has 0 atom stereocenters.